The van der Waals surface area contributed by atoms with Crippen molar-refractivity contribution in [2.75, 3.05) is 17.2 Å². The molecule has 0 spiro atoms. The number of nitro groups is 1. The number of carbonyl (C=O) groups excluding carboxylic acids is 1. The number of ether oxygens (including phenoxy) is 1. The zero-order valence-electron chi connectivity index (χ0n) is 16.4. The summed E-state index contributed by atoms with van der Waals surface area (Å²) < 4.78 is 4.96. The molecule has 1 aliphatic rings. The van der Waals surface area contributed by atoms with Crippen LogP contribution in [0.5, 0.6) is 0 Å². The number of carbonyl (C=O) groups is 1. The molecule has 9 nitrogen and oxygen atoms in total. The molecule has 1 aliphatic carbocycles. The molecule has 1 heterocycles. The lowest BCUT2D eigenvalue weighted by Crippen LogP contribution is -2.20. The molecular weight excluding hydrogens is 374 g/mol. The molecule has 2 aromatic rings. The third-order valence-corrected chi connectivity index (χ3v) is 4.86. The van der Waals surface area contributed by atoms with E-state index in [4.69, 9.17) is 4.74 Å². The quantitative estimate of drug-likeness (QED) is 0.303. The molecule has 0 bridgehead atoms. The second-order valence-corrected chi connectivity index (χ2v) is 6.93. The van der Waals surface area contributed by atoms with Crippen molar-refractivity contribution < 1.29 is 14.5 Å². The minimum Gasteiger partial charge on any atom is -0.462 e. The summed E-state index contributed by atoms with van der Waals surface area (Å²) in [4.78, 5) is 31.2. The van der Waals surface area contributed by atoms with Crippen molar-refractivity contribution in [2.24, 2.45) is 0 Å². The Morgan fingerprint density at radius 3 is 2.41 bits per heavy atom. The molecule has 0 amide bonds. The van der Waals surface area contributed by atoms with E-state index < -0.39 is 10.9 Å². The van der Waals surface area contributed by atoms with Crippen molar-refractivity contribution in [3.8, 4) is 0 Å². The van der Waals surface area contributed by atoms with E-state index in [1.54, 1.807) is 31.2 Å². The number of rotatable bonds is 7. The lowest BCUT2D eigenvalue weighted by atomic mass is 10.1. The van der Waals surface area contributed by atoms with Crippen LogP contribution in [0.2, 0.25) is 0 Å². The Bertz CT molecular complexity index is 848. The molecule has 29 heavy (non-hydrogen) atoms. The molecule has 154 valence electrons. The monoisotopic (exact) mass is 399 g/mol. The van der Waals surface area contributed by atoms with Crippen LogP contribution in [0.15, 0.2) is 30.6 Å². The molecule has 1 aromatic carbocycles. The highest BCUT2D eigenvalue weighted by Gasteiger charge is 2.25. The number of hydrogen-bond donors (Lipinski definition) is 2. The van der Waals surface area contributed by atoms with Crippen LogP contribution in [0, 0.1) is 10.1 Å². The first-order chi connectivity index (χ1) is 14.1. The van der Waals surface area contributed by atoms with Gasteiger partial charge in [-0.1, -0.05) is 25.7 Å². The van der Waals surface area contributed by atoms with E-state index >= 15 is 0 Å². The highest BCUT2D eigenvalue weighted by atomic mass is 16.6. The molecule has 9 heteroatoms. The van der Waals surface area contributed by atoms with Crippen molar-refractivity contribution in [1.29, 1.82) is 0 Å². The van der Waals surface area contributed by atoms with Gasteiger partial charge in [-0.15, -0.1) is 0 Å². The first-order valence-corrected chi connectivity index (χ1v) is 9.88. The summed E-state index contributed by atoms with van der Waals surface area (Å²) in [6.07, 6.45) is 7.85. The van der Waals surface area contributed by atoms with Gasteiger partial charge in [0.2, 0.25) is 11.6 Å². The Morgan fingerprint density at radius 1 is 1.14 bits per heavy atom. The zero-order chi connectivity index (χ0) is 20.6. The van der Waals surface area contributed by atoms with Gasteiger partial charge in [-0.25, -0.2) is 14.8 Å². The Hall–Kier alpha value is -3.23. The average Bonchev–Trinajstić information content (AvgIpc) is 2.97. The molecular formula is C20H25N5O4. The highest BCUT2D eigenvalue weighted by Crippen LogP contribution is 2.33. The van der Waals surface area contributed by atoms with E-state index in [1.807, 2.05) is 0 Å². The lowest BCUT2D eigenvalue weighted by molar-refractivity contribution is -0.383. The molecule has 0 radical (unpaired) electrons. The van der Waals surface area contributed by atoms with Crippen molar-refractivity contribution >= 4 is 29.0 Å². The van der Waals surface area contributed by atoms with Gasteiger partial charge in [0.05, 0.1) is 17.1 Å². The van der Waals surface area contributed by atoms with Gasteiger partial charge in [-0.3, -0.25) is 10.1 Å². The number of esters is 1. The maximum atomic E-state index is 11.8. The van der Waals surface area contributed by atoms with Gasteiger partial charge >= 0.3 is 11.7 Å². The standard InChI is InChI=1S/C20H25N5O4/c1-2-29-20(26)14-9-11-16(12-10-14)24-19-17(25(27)28)18(21-13-22-19)23-15-7-5-3-4-6-8-15/h9-13,15H,2-8H2,1H3,(H2,21,22,23,24). The number of nitrogens with zero attached hydrogens (tertiary/aromatic N) is 3. The number of hydrogen-bond acceptors (Lipinski definition) is 8. The van der Waals surface area contributed by atoms with Crippen LogP contribution < -0.4 is 10.6 Å². The molecule has 0 atom stereocenters. The van der Waals surface area contributed by atoms with E-state index in [0.29, 0.717) is 17.9 Å². The maximum absolute atomic E-state index is 11.8. The summed E-state index contributed by atoms with van der Waals surface area (Å²) >= 11 is 0. The predicted molar refractivity (Wildman–Crippen MR) is 109 cm³/mol. The van der Waals surface area contributed by atoms with Crippen LogP contribution in [0.3, 0.4) is 0 Å². The fourth-order valence-corrected chi connectivity index (χ4v) is 3.41. The Kier molecular flexibility index (Phi) is 6.94. The first-order valence-electron chi connectivity index (χ1n) is 9.88. The minimum atomic E-state index is -0.478. The topological polar surface area (TPSA) is 119 Å². The van der Waals surface area contributed by atoms with E-state index in [1.165, 1.54) is 19.2 Å². The Labute approximate surface area is 169 Å². The van der Waals surface area contributed by atoms with Gasteiger partial charge in [0, 0.05) is 11.7 Å². The third kappa shape index (κ3) is 5.40. The zero-order valence-corrected chi connectivity index (χ0v) is 16.4. The summed E-state index contributed by atoms with van der Waals surface area (Å²) in [5.41, 5.74) is 0.789. The number of aromatic nitrogens is 2. The second kappa shape index (κ2) is 9.81. The highest BCUT2D eigenvalue weighted by molar-refractivity contribution is 5.90. The Balaban J connectivity index is 1.80. The van der Waals surface area contributed by atoms with Crippen molar-refractivity contribution in [1.82, 2.24) is 9.97 Å². The van der Waals surface area contributed by atoms with Crippen molar-refractivity contribution in [3.05, 3.63) is 46.3 Å². The van der Waals surface area contributed by atoms with Gasteiger partial charge in [0.25, 0.3) is 0 Å². The maximum Gasteiger partial charge on any atom is 0.353 e. The molecule has 0 saturated heterocycles. The van der Waals surface area contributed by atoms with Gasteiger partial charge in [-0.2, -0.15) is 0 Å². The summed E-state index contributed by atoms with van der Waals surface area (Å²) in [6.45, 7) is 2.03. The van der Waals surface area contributed by atoms with E-state index in [9.17, 15) is 14.9 Å². The normalized spacial score (nSPS) is 14.7. The number of nitrogens with one attached hydrogen (secondary N) is 2. The lowest BCUT2D eigenvalue weighted by Gasteiger charge is -2.17. The smallest absolute Gasteiger partial charge is 0.353 e. The molecule has 0 aliphatic heterocycles. The van der Waals surface area contributed by atoms with E-state index in [2.05, 4.69) is 20.6 Å². The van der Waals surface area contributed by atoms with Gasteiger partial charge in [0.15, 0.2) is 0 Å². The largest absolute Gasteiger partial charge is 0.462 e. The van der Waals surface area contributed by atoms with Crippen LogP contribution in [0.25, 0.3) is 0 Å². The van der Waals surface area contributed by atoms with Gasteiger partial charge in [-0.05, 0) is 44.0 Å². The average molecular weight is 399 g/mol. The van der Waals surface area contributed by atoms with Crippen molar-refractivity contribution in [3.63, 3.8) is 0 Å². The van der Waals surface area contributed by atoms with Gasteiger partial charge < -0.3 is 15.4 Å². The van der Waals surface area contributed by atoms with E-state index in [0.717, 1.165) is 25.7 Å². The molecule has 0 unspecified atom stereocenters. The van der Waals surface area contributed by atoms with Gasteiger partial charge in [0.1, 0.15) is 6.33 Å². The van der Waals surface area contributed by atoms with Crippen LogP contribution in [-0.4, -0.2) is 33.5 Å². The Morgan fingerprint density at radius 2 is 1.79 bits per heavy atom. The van der Waals surface area contributed by atoms with Crippen LogP contribution >= 0.6 is 0 Å². The predicted octanol–water partition coefficient (Wildman–Crippen LogP) is 4.44. The molecule has 1 saturated carbocycles. The minimum absolute atomic E-state index is 0.102. The fraction of sp³-hybridized carbons (Fsp3) is 0.450. The first kappa shape index (κ1) is 20.5. The fourth-order valence-electron chi connectivity index (χ4n) is 3.41. The summed E-state index contributed by atoms with van der Waals surface area (Å²) in [5.74, 6) is -0.0884. The third-order valence-electron chi connectivity index (χ3n) is 4.86. The summed E-state index contributed by atoms with van der Waals surface area (Å²) in [6, 6.07) is 6.66. The number of benzene rings is 1. The molecule has 3 rings (SSSR count). The van der Waals surface area contributed by atoms with Crippen LogP contribution in [0.4, 0.5) is 23.0 Å². The molecule has 1 aromatic heterocycles. The van der Waals surface area contributed by atoms with Crippen molar-refractivity contribution in [2.45, 2.75) is 51.5 Å². The molecule has 1 fully saturated rings. The SMILES string of the molecule is CCOC(=O)c1ccc(Nc2ncnc(NC3CCCCCC3)c2[N+](=O)[O-])cc1. The second-order valence-electron chi connectivity index (χ2n) is 6.93. The summed E-state index contributed by atoms with van der Waals surface area (Å²) in [7, 11) is 0. The number of anilines is 3. The van der Waals surface area contributed by atoms with Crippen LogP contribution in [-0.2, 0) is 4.74 Å². The summed E-state index contributed by atoms with van der Waals surface area (Å²) in [5, 5.41) is 17.9. The molecule has 2 N–H and O–H groups in total. The van der Waals surface area contributed by atoms with E-state index in [-0.39, 0.29) is 23.4 Å². The van der Waals surface area contributed by atoms with Crippen LogP contribution in [0.1, 0.15) is 55.8 Å².